The number of hydrogen-bond donors (Lipinski definition) is 0. The molecule has 0 atom stereocenters. The Labute approximate surface area is 361 Å². The topological polar surface area (TPSA) is 61.7 Å². The summed E-state index contributed by atoms with van der Waals surface area (Å²) in [6.45, 7) is 0. The van der Waals surface area contributed by atoms with Gasteiger partial charge in [0.05, 0.1) is 27.8 Å². The summed E-state index contributed by atoms with van der Waals surface area (Å²) in [7, 11) is 0. The van der Waals surface area contributed by atoms with E-state index >= 15 is 0 Å². The lowest BCUT2D eigenvalue weighted by atomic mass is 10.00. The predicted molar refractivity (Wildman–Crippen MR) is 258 cm³/mol. The molecule has 13 aromatic rings. The monoisotopic (exact) mass is 805 g/mol. The van der Waals surface area contributed by atoms with E-state index in [1.807, 2.05) is 36.4 Å². The van der Waals surface area contributed by atoms with Crippen molar-refractivity contribution in [3.05, 3.63) is 212 Å². The lowest BCUT2D eigenvalue weighted by Crippen LogP contribution is -2.08. The third-order valence-corrected chi connectivity index (χ3v) is 12.4. The van der Waals surface area contributed by atoms with E-state index in [-0.39, 0.29) is 0 Å². The average Bonchev–Trinajstić information content (AvgIpc) is 4.01. The second-order valence-corrected chi connectivity index (χ2v) is 16.0. The van der Waals surface area contributed by atoms with Crippen molar-refractivity contribution < 1.29 is 4.42 Å². The van der Waals surface area contributed by atoms with Gasteiger partial charge in [-0.05, 0) is 53.6 Å². The maximum atomic E-state index is 7.25. The van der Waals surface area contributed by atoms with Crippen LogP contribution in [0.4, 0.5) is 0 Å². The fourth-order valence-corrected chi connectivity index (χ4v) is 9.55. The van der Waals surface area contributed by atoms with Gasteiger partial charge in [0, 0.05) is 49.0 Å². The molecule has 0 bridgehead atoms. The zero-order valence-electron chi connectivity index (χ0n) is 33.9. The molecule has 13 rings (SSSR count). The van der Waals surface area contributed by atoms with Crippen LogP contribution in [-0.2, 0) is 0 Å². The quantitative estimate of drug-likeness (QED) is 0.168. The number of hydrogen-bond acceptors (Lipinski definition) is 4. The summed E-state index contributed by atoms with van der Waals surface area (Å²) in [5.74, 6) is 1.74. The van der Waals surface area contributed by atoms with Crippen LogP contribution < -0.4 is 0 Å². The fraction of sp³-hybridized carbons (Fsp3) is 0. The summed E-state index contributed by atoms with van der Waals surface area (Å²) in [4.78, 5) is 16.0. The second-order valence-electron chi connectivity index (χ2n) is 16.0. The Morgan fingerprint density at radius 2 is 0.714 bits per heavy atom. The van der Waals surface area contributed by atoms with Crippen molar-refractivity contribution in [3.8, 4) is 56.7 Å². The molecule has 0 N–H and O–H groups in total. The molecule has 0 aliphatic heterocycles. The van der Waals surface area contributed by atoms with Crippen LogP contribution in [0.25, 0.3) is 122 Å². The van der Waals surface area contributed by atoms with Crippen LogP contribution in [-0.4, -0.2) is 24.1 Å². The molecule has 6 nitrogen and oxygen atoms in total. The molecule has 0 spiro atoms. The average molecular weight is 806 g/mol. The molecule has 0 unspecified atom stereocenters. The van der Waals surface area contributed by atoms with Gasteiger partial charge in [-0.25, -0.2) is 15.0 Å². The van der Waals surface area contributed by atoms with Gasteiger partial charge in [0.2, 0.25) is 0 Å². The highest BCUT2D eigenvalue weighted by molar-refractivity contribution is 6.17. The molecule has 4 heterocycles. The zero-order valence-corrected chi connectivity index (χ0v) is 33.9. The number of rotatable bonds is 6. The van der Waals surface area contributed by atoms with E-state index in [0.29, 0.717) is 17.5 Å². The molecular formula is C57H35N5O. The highest BCUT2D eigenvalue weighted by atomic mass is 16.3. The Balaban J connectivity index is 1.28. The standard InChI is InChI=1S/C57H35N5O/c1-4-18-36(19-5-1)39-32-33-51-44(34-39)45-35-46(57-59-55(37-20-6-2-7-21-37)58-56(60-57)38-22-8-3-9-23-38)52(61-47-28-14-10-24-40(47)41-25-11-15-29-48(41)61)53(54(45)63-51)62-49-30-16-12-26-42(49)43-27-13-17-31-50(43)62/h1-35H. The first kappa shape index (κ1) is 35.2. The van der Waals surface area contributed by atoms with Gasteiger partial charge < -0.3 is 13.6 Å². The van der Waals surface area contributed by atoms with E-state index in [1.54, 1.807) is 0 Å². The van der Waals surface area contributed by atoms with E-state index in [2.05, 4.69) is 185 Å². The summed E-state index contributed by atoms with van der Waals surface area (Å²) in [6, 6.07) is 74.3. The third-order valence-electron chi connectivity index (χ3n) is 12.4. The van der Waals surface area contributed by atoms with Gasteiger partial charge in [0.25, 0.3) is 0 Å². The summed E-state index contributed by atoms with van der Waals surface area (Å²) in [6.07, 6.45) is 0. The molecule has 0 saturated carbocycles. The van der Waals surface area contributed by atoms with E-state index in [9.17, 15) is 0 Å². The van der Waals surface area contributed by atoms with Gasteiger partial charge in [-0.15, -0.1) is 0 Å². The van der Waals surface area contributed by atoms with Crippen molar-refractivity contribution in [3.63, 3.8) is 0 Å². The molecule has 0 fully saturated rings. The van der Waals surface area contributed by atoms with E-state index in [1.165, 1.54) is 0 Å². The summed E-state index contributed by atoms with van der Waals surface area (Å²) >= 11 is 0. The van der Waals surface area contributed by atoms with Crippen molar-refractivity contribution in [2.24, 2.45) is 0 Å². The van der Waals surface area contributed by atoms with Crippen LogP contribution in [0, 0.1) is 0 Å². The minimum absolute atomic E-state index is 0.553. The van der Waals surface area contributed by atoms with Crippen molar-refractivity contribution in [2.45, 2.75) is 0 Å². The van der Waals surface area contributed by atoms with Crippen molar-refractivity contribution in [1.82, 2.24) is 24.1 Å². The first-order chi connectivity index (χ1) is 31.3. The van der Waals surface area contributed by atoms with Crippen LogP contribution in [0.15, 0.2) is 217 Å². The normalized spacial score (nSPS) is 11.8. The molecule has 4 aromatic heterocycles. The third kappa shape index (κ3) is 5.48. The SMILES string of the molecule is c1ccc(-c2ccc3oc4c(-n5c6ccccc6c6ccccc65)c(-n5c6ccccc6c6ccccc65)c(-c5nc(-c6ccccc6)nc(-c6ccccc6)n5)cc4c3c2)cc1. The van der Waals surface area contributed by atoms with Crippen LogP contribution in [0.3, 0.4) is 0 Å². The smallest absolute Gasteiger partial charge is 0.166 e. The molecule has 0 radical (unpaired) electrons. The van der Waals surface area contributed by atoms with Crippen LogP contribution in [0.5, 0.6) is 0 Å². The van der Waals surface area contributed by atoms with E-state index < -0.39 is 0 Å². The number of fused-ring (bicyclic) bond motifs is 9. The van der Waals surface area contributed by atoms with Crippen molar-refractivity contribution in [2.75, 3.05) is 0 Å². The fourth-order valence-electron chi connectivity index (χ4n) is 9.55. The zero-order chi connectivity index (χ0) is 41.4. The van der Waals surface area contributed by atoms with Gasteiger partial charge >= 0.3 is 0 Å². The Morgan fingerprint density at radius 3 is 1.21 bits per heavy atom. The largest absolute Gasteiger partial charge is 0.454 e. The van der Waals surface area contributed by atoms with Gasteiger partial charge in [-0.3, -0.25) is 0 Å². The minimum atomic E-state index is 0.553. The van der Waals surface area contributed by atoms with E-state index in [0.717, 1.165) is 105 Å². The molecule has 0 aliphatic carbocycles. The summed E-state index contributed by atoms with van der Waals surface area (Å²) in [5.41, 5.74) is 12.5. The van der Waals surface area contributed by atoms with Crippen molar-refractivity contribution in [1.29, 1.82) is 0 Å². The molecular weight excluding hydrogens is 771 g/mol. The molecule has 63 heavy (non-hydrogen) atoms. The van der Waals surface area contributed by atoms with E-state index in [4.69, 9.17) is 19.4 Å². The Bertz CT molecular complexity index is 3740. The molecule has 6 heteroatoms. The maximum Gasteiger partial charge on any atom is 0.166 e. The van der Waals surface area contributed by atoms with Crippen LogP contribution in [0.1, 0.15) is 0 Å². The van der Waals surface area contributed by atoms with Gasteiger partial charge in [-0.2, -0.15) is 0 Å². The number of furan rings is 1. The lowest BCUT2D eigenvalue weighted by molar-refractivity contribution is 0.666. The van der Waals surface area contributed by atoms with Crippen LogP contribution >= 0.6 is 0 Å². The number of para-hydroxylation sites is 4. The number of nitrogens with zero attached hydrogens (tertiary/aromatic N) is 5. The highest BCUT2D eigenvalue weighted by Crippen LogP contribution is 2.47. The lowest BCUT2D eigenvalue weighted by Gasteiger charge is -2.21. The van der Waals surface area contributed by atoms with Gasteiger partial charge in [0.1, 0.15) is 11.3 Å². The first-order valence-electron chi connectivity index (χ1n) is 21.2. The molecule has 294 valence electrons. The molecule has 9 aromatic carbocycles. The van der Waals surface area contributed by atoms with Gasteiger partial charge in [-0.1, -0.05) is 170 Å². The van der Waals surface area contributed by atoms with Crippen molar-refractivity contribution >= 4 is 65.6 Å². The van der Waals surface area contributed by atoms with Gasteiger partial charge in [0.15, 0.2) is 23.1 Å². The maximum absolute atomic E-state index is 7.25. The molecule has 0 saturated heterocycles. The summed E-state index contributed by atoms with van der Waals surface area (Å²) < 4.78 is 12.0. The predicted octanol–water partition coefficient (Wildman–Crippen LogP) is 14.6. The van der Waals surface area contributed by atoms with Crippen LogP contribution in [0.2, 0.25) is 0 Å². The molecule has 0 amide bonds. The Morgan fingerprint density at radius 1 is 0.302 bits per heavy atom. The minimum Gasteiger partial charge on any atom is -0.454 e. The summed E-state index contributed by atoms with van der Waals surface area (Å²) in [5, 5.41) is 6.57. The highest BCUT2D eigenvalue weighted by Gasteiger charge is 2.29. The number of aromatic nitrogens is 5. The Hall–Kier alpha value is -8.61. The number of benzene rings is 9. The molecule has 0 aliphatic rings. The second kappa shape index (κ2) is 14.0. The first-order valence-corrected chi connectivity index (χ1v) is 21.2. The Kier molecular flexibility index (Phi) is 7.80.